The molecule has 0 spiro atoms. The van der Waals surface area contributed by atoms with Crippen LogP contribution in [0.1, 0.15) is 10.4 Å². The van der Waals surface area contributed by atoms with Gasteiger partial charge in [0.2, 0.25) is 0 Å². The van der Waals surface area contributed by atoms with Gasteiger partial charge in [-0.2, -0.15) is 4.99 Å². The average Bonchev–Trinajstić information content (AvgIpc) is 3.08. The Kier molecular flexibility index (Phi) is 6.05. The minimum atomic E-state index is -3.83. The average molecular weight is 488 g/mol. The highest BCUT2D eigenvalue weighted by Gasteiger charge is 2.15. The largest absolute Gasteiger partial charge is 0.497 e. The van der Waals surface area contributed by atoms with E-state index in [1.807, 2.05) is 29.8 Å². The zero-order valence-electron chi connectivity index (χ0n) is 17.1. The van der Waals surface area contributed by atoms with Crippen molar-refractivity contribution in [3.05, 3.63) is 82.1 Å². The maximum atomic E-state index is 12.8. The van der Waals surface area contributed by atoms with Crippen molar-refractivity contribution < 1.29 is 17.9 Å². The molecule has 0 aliphatic carbocycles. The quantitative estimate of drug-likeness (QED) is 0.450. The van der Waals surface area contributed by atoms with Gasteiger partial charge in [0.05, 0.1) is 22.2 Å². The van der Waals surface area contributed by atoms with Crippen LogP contribution in [0.3, 0.4) is 0 Å². The second-order valence-electron chi connectivity index (χ2n) is 6.83. The maximum absolute atomic E-state index is 12.8. The molecule has 1 amide bonds. The van der Waals surface area contributed by atoms with Gasteiger partial charge in [-0.05, 0) is 60.7 Å². The number of halogens is 1. The zero-order valence-corrected chi connectivity index (χ0v) is 19.5. The summed E-state index contributed by atoms with van der Waals surface area (Å²) in [6.07, 6.45) is 0. The first kappa shape index (κ1) is 22.1. The van der Waals surface area contributed by atoms with Gasteiger partial charge in [-0.1, -0.05) is 29.0 Å². The number of anilines is 1. The lowest BCUT2D eigenvalue weighted by Crippen LogP contribution is -2.14. The molecule has 4 aromatic rings. The van der Waals surface area contributed by atoms with Crippen LogP contribution in [0.2, 0.25) is 5.02 Å². The third-order valence-corrected chi connectivity index (χ3v) is 7.44. The Labute approximate surface area is 193 Å². The highest BCUT2D eigenvalue weighted by atomic mass is 35.5. The summed E-state index contributed by atoms with van der Waals surface area (Å²) in [7, 11) is -0.404. The summed E-state index contributed by atoms with van der Waals surface area (Å²) in [5, 5.41) is 0.436. The summed E-state index contributed by atoms with van der Waals surface area (Å²) in [6.45, 7) is 0. The standard InChI is InChI=1S/C22H18ClN3O4S2/c1-26-19-11-8-17(30-2)13-20(19)31-22(26)24-21(27)14-4-3-5-16(12-14)25-32(28,29)18-9-6-15(23)7-10-18/h3-13,25H,1-2H3. The van der Waals surface area contributed by atoms with Crippen molar-refractivity contribution in [3.63, 3.8) is 0 Å². The Morgan fingerprint density at radius 1 is 1.09 bits per heavy atom. The number of hydrogen-bond acceptors (Lipinski definition) is 5. The van der Waals surface area contributed by atoms with E-state index in [2.05, 4.69) is 9.71 Å². The molecule has 10 heteroatoms. The van der Waals surface area contributed by atoms with Gasteiger partial charge in [0.25, 0.3) is 15.9 Å². The molecule has 32 heavy (non-hydrogen) atoms. The molecule has 0 saturated carbocycles. The van der Waals surface area contributed by atoms with Crippen LogP contribution < -0.4 is 14.3 Å². The molecular weight excluding hydrogens is 470 g/mol. The van der Waals surface area contributed by atoms with E-state index in [-0.39, 0.29) is 16.1 Å². The van der Waals surface area contributed by atoms with Crippen molar-refractivity contribution in [1.29, 1.82) is 0 Å². The van der Waals surface area contributed by atoms with Gasteiger partial charge in [0.1, 0.15) is 5.75 Å². The Morgan fingerprint density at radius 2 is 1.84 bits per heavy atom. The maximum Gasteiger partial charge on any atom is 0.279 e. The van der Waals surface area contributed by atoms with Gasteiger partial charge in [-0.25, -0.2) is 8.42 Å². The zero-order chi connectivity index (χ0) is 22.9. The van der Waals surface area contributed by atoms with E-state index in [4.69, 9.17) is 16.3 Å². The predicted molar refractivity (Wildman–Crippen MR) is 126 cm³/mol. The fourth-order valence-electron chi connectivity index (χ4n) is 3.04. The van der Waals surface area contributed by atoms with Crippen LogP contribution in [0.25, 0.3) is 10.2 Å². The molecule has 4 rings (SSSR count). The van der Waals surface area contributed by atoms with Crippen LogP contribution in [0.4, 0.5) is 5.69 Å². The number of benzene rings is 3. The van der Waals surface area contributed by atoms with Gasteiger partial charge < -0.3 is 9.30 Å². The topological polar surface area (TPSA) is 89.8 Å². The number of thiazole rings is 1. The van der Waals surface area contributed by atoms with Crippen LogP contribution in [0.5, 0.6) is 5.75 Å². The molecule has 3 aromatic carbocycles. The number of nitrogens with one attached hydrogen (secondary N) is 1. The third-order valence-electron chi connectivity index (χ3n) is 4.70. The number of aryl methyl sites for hydroxylation is 1. The molecule has 0 aliphatic heterocycles. The Hall–Kier alpha value is -3.14. The number of rotatable bonds is 5. The number of carbonyl (C=O) groups is 1. The smallest absolute Gasteiger partial charge is 0.279 e. The van der Waals surface area contributed by atoms with E-state index >= 15 is 0 Å². The molecular formula is C22H18ClN3O4S2. The second-order valence-corrected chi connectivity index (χ2v) is 9.96. The lowest BCUT2D eigenvalue weighted by Gasteiger charge is -2.09. The lowest BCUT2D eigenvalue weighted by atomic mass is 10.2. The van der Waals surface area contributed by atoms with Crippen molar-refractivity contribution in [2.45, 2.75) is 4.90 Å². The fraction of sp³-hybridized carbons (Fsp3) is 0.0909. The molecule has 0 bridgehead atoms. The molecule has 0 atom stereocenters. The van der Waals surface area contributed by atoms with E-state index in [0.717, 1.165) is 16.0 Å². The van der Waals surface area contributed by atoms with Gasteiger partial charge in [0, 0.05) is 23.3 Å². The molecule has 1 N–H and O–H groups in total. The summed E-state index contributed by atoms with van der Waals surface area (Å²) >= 11 is 7.19. The molecule has 1 heterocycles. The number of nitrogens with zero attached hydrogens (tertiary/aromatic N) is 2. The van der Waals surface area contributed by atoms with Crippen LogP contribution in [-0.4, -0.2) is 26.0 Å². The van der Waals surface area contributed by atoms with E-state index in [9.17, 15) is 13.2 Å². The highest BCUT2D eigenvalue weighted by molar-refractivity contribution is 7.92. The Balaban J connectivity index is 1.63. The van der Waals surface area contributed by atoms with Crippen LogP contribution in [-0.2, 0) is 17.1 Å². The highest BCUT2D eigenvalue weighted by Crippen LogP contribution is 2.23. The van der Waals surface area contributed by atoms with Crippen molar-refractivity contribution in [3.8, 4) is 5.75 Å². The number of amides is 1. The molecule has 0 aliphatic rings. The molecule has 0 saturated heterocycles. The van der Waals surface area contributed by atoms with Gasteiger partial charge >= 0.3 is 0 Å². The normalized spacial score (nSPS) is 12.2. The van der Waals surface area contributed by atoms with E-state index in [1.54, 1.807) is 25.3 Å². The lowest BCUT2D eigenvalue weighted by molar-refractivity contribution is 0.0998. The van der Waals surface area contributed by atoms with Crippen LogP contribution in [0, 0.1) is 0 Å². The minimum absolute atomic E-state index is 0.0658. The molecule has 164 valence electrons. The SMILES string of the molecule is COc1ccc2c(c1)sc(=NC(=O)c1cccc(NS(=O)(=O)c3ccc(Cl)cc3)c1)n2C. The third kappa shape index (κ3) is 4.55. The van der Waals surface area contributed by atoms with Crippen molar-refractivity contribution in [2.24, 2.45) is 12.0 Å². The molecule has 7 nitrogen and oxygen atoms in total. The first-order valence-corrected chi connectivity index (χ1v) is 12.1. The summed E-state index contributed by atoms with van der Waals surface area (Å²) in [6, 6.07) is 17.6. The van der Waals surface area contributed by atoms with Crippen LogP contribution >= 0.6 is 22.9 Å². The number of aromatic nitrogens is 1. The molecule has 0 radical (unpaired) electrons. The summed E-state index contributed by atoms with van der Waals surface area (Å²) in [4.78, 5) is 17.6. The van der Waals surface area contributed by atoms with Crippen LogP contribution in [0.15, 0.2) is 76.6 Å². The van der Waals surface area contributed by atoms with Crippen molar-refractivity contribution in [1.82, 2.24) is 4.57 Å². The monoisotopic (exact) mass is 487 g/mol. The fourth-order valence-corrected chi connectivity index (χ4v) is 5.26. The van der Waals surface area contributed by atoms with Gasteiger partial charge in [0.15, 0.2) is 4.80 Å². The number of ether oxygens (including phenoxy) is 1. The predicted octanol–water partition coefficient (Wildman–Crippen LogP) is 4.44. The first-order chi connectivity index (χ1) is 15.3. The summed E-state index contributed by atoms with van der Waals surface area (Å²) < 4.78 is 35.7. The van der Waals surface area contributed by atoms with Gasteiger partial charge in [-0.3, -0.25) is 9.52 Å². The number of hydrogen-bond donors (Lipinski definition) is 1. The second kappa shape index (κ2) is 8.78. The number of carbonyl (C=O) groups excluding carboxylic acids is 1. The number of fused-ring (bicyclic) bond motifs is 1. The molecule has 0 fully saturated rings. The summed E-state index contributed by atoms with van der Waals surface area (Å²) in [5.74, 6) is 0.240. The van der Waals surface area contributed by atoms with E-state index in [0.29, 0.717) is 9.82 Å². The minimum Gasteiger partial charge on any atom is -0.497 e. The Bertz CT molecular complexity index is 1490. The molecule has 1 aromatic heterocycles. The van der Waals surface area contributed by atoms with Crippen molar-refractivity contribution in [2.75, 3.05) is 11.8 Å². The number of methoxy groups -OCH3 is 1. The van der Waals surface area contributed by atoms with E-state index < -0.39 is 15.9 Å². The number of sulfonamides is 1. The van der Waals surface area contributed by atoms with Gasteiger partial charge in [-0.15, -0.1) is 0 Å². The Morgan fingerprint density at radius 3 is 2.56 bits per heavy atom. The first-order valence-electron chi connectivity index (χ1n) is 9.38. The van der Waals surface area contributed by atoms with Crippen molar-refractivity contribution >= 4 is 54.8 Å². The van der Waals surface area contributed by atoms with E-state index in [1.165, 1.54) is 41.7 Å². The molecule has 0 unspecified atom stereocenters. The summed E-state index contributed by atoms with van der Waals surface area (Å²) in [5.41, 5.74) is 1.44.